The summed E-state index contributed by atoms with van der Waals surface area (Å²) in [5.41, 5.74) is 0.101. The molecule has 24 heavy (non-hydrogen) atoms. The lowest BCUT2D eigenvalue weighted by molar-refractivity contribution is -0.137. The van der Waals surface area contributed by atoms with Crippen LogP contribution in [0.25, 0.3) is 0 Å². The van der Waals surface area contributed by atoms with Gasteiger partial charge in [0.2, 0.25) is 0 Å². The Morgan fingerprint density at radius 1 is 1.29 bits per heavy atom. The Morgan fingerprint density at radius 2 is 1.96 bits per heavy atom. The predicted molar refractivity (Wildman–Crippen MR) is 87.0 cm³/mol. The minimum absolute atomic E-state index is 0.0312. The van der Waals surface area contributed by atoms with Crippen LogP contribution in [0.2, 0.25) is 0 Å². The molecule has 1 aromatic carbocycles. The molecular formula is C18H19F3N2O. The van der Waals surface area contributed by atoms with Crippen LogP contribution >= 0.6 is 0 Å². The van der Waals surface area contributed by atoms with Crippen molar-refractivity contribution in [3.8, 4) is 12.3 Å². The number of likely N-dealkylation sites (N-methyl/N-ethyl adjacent to an activating group) is 1. The smallest absolute Gasteiger partial charge is 0.416 e. The van der Waals surface area contributed by atoms with Gasteiger partial charge < -0.3 is 10.0 Å². The van der Waals surface area contributed by atoms with E-state index in [2.05, 4.69) is 5.92 Å². The highest BCUT2D eigenvalue weighted by molar-refractivity contribution is 5.25. The van der Waals surface area contributed by atoms with Crippen molar-refractivity contribution in [3.63, 3.8) is 0 Å². The van der Waals surface area contributed by atoms with Crippen LogP contribution in [0.1, 0.15) is 11.1 Å². The quantitative estimate of drug-likeness (QED) is 0.835. The monoisotopic (exact) mass is 336 g/mol. The van der Waals surface area contributed by atoms with Gasteiger partial charge in [-0.1, -0.05) is 24.1 Å². The topological polar surface area (TPSA) is 26.7 Å². The second-order valence-corrected chi connectivity index (χ2v) is 5.71. The Morgan fingerprint density at radius 3 is 2.50 bits per heavy atom. The van der Waals surface area contributed by atoms with Crippen LogP contribution in [-0.2, 0) is 12.7 Å². The van der Waals surface area contributed by atoms with Gasteiger partial charge >= 0.3 is 6.18 Å². The summed E-state index contributed by atoms with van der Waals surface area (Å²) in [5.74, 6) is 2.76. The van der Waals surface area contributed by atoms with Crippen molar-refractivity contribution in [3.05, 3.63) is 59.5 Å². The highest BCUT2D eigenvalue weighted by Gasteiger charge is 2.30. The largest absolute Gasteiger partial charge is 0.506 e. The fraction of sp³-hybridized carbons (Fsp3) is 0.333. The van der Waals surface area contributed by atoms with Crippen LogP contribution < -0.4 is 0 Å². The van der Waals surface area contributed by atoms with E-state index in [1.165, 1.54) is 12.1 Å². The zero-order valence-electron chi connectivity index (χ0n) is 13.3. The standard InChI is InChI=1S/C18H19F3N2O/c1-3-10-23(12-16-8-9-17(24)13-22(16)2)11-14-4-6-15(7-5-14)18(19,20)21/h1,4-9,13,16,24H,10-12H2,2H3. The number of aliphatic hydroxyl groups is 1. The molecule has 0 radical (unpaired) electrons. The van der Waals surface area contributed by atoms with Crippen LogP contribution in [0, 0.1) is 12.3 Å². The first-order valence-electron chi connectivity index (χ1n) is 7.42. The van der Waals surface area contributed by atoms with Gasteiger partial charge in [-0.05, 0) is 23.8 Å². The van der Waals surface area contributed by atoms with E-state index in [1.807, 2.05) is 22.9 Å². The summed E-state index contributed by atoms with van der Waals surface area (Å²) in [7, 11) is 1.84. The lowest BCUT2D eigenvalue weighted by Crippen LogP contribution is -2.40. The maximum atomic E-state index is 12.6. The molecule has 128 valence electrons. The Labute approximate surface area is 139 Å². The van der Waals surface area contributed by atoms with Crippen molar-refractivity contribution in [1.29, 1.82) is 0 Å². The molecule has 0 bridgehead atoms. The van der Waals surface area contributed by atoms with Crippen molar-refractivity contribution < 1.29 is 18.3 Å². The second kappa shape index (κ2) is 7.45. The van der Waals surface area contributed by atoms with Crippen molar-refractivity contribution in [1.82, 2.24) is 9.80 Å². The third kappa shape index (κ3) is 4.80. The van der Waals surface area contributed by atoms with E-state index in [1.54, 1.807) is 12.3 Å². The van der Waals surface area contributed by atoms with Crippen molar-refractivity contribution in [2.75, 3.05) is 20.1 Å². The number of allylic oxidation sites excluding steroid dienone is 1. The maximum absolute atomic E-state index is 12.6. The Bertz CT molecular complexity index is 656. The SMILES string of the molecule is C#CCN(Cc1ccc(C(F)(F)F)cc1)CC1C=CC(O)=CN1C. The molecule has 1 aliphatic heterocycles. The van der Waals surface area contributed by atoms with Crippen molar-refractivity contribution >= 4 is 0 Å². The third-order valence-electron chi connectivity index (χ3n) is 3.80. The van der Waals surface area contributed by atoms with Crippen LogP contribution in [0.4, 0.5) is 13.2 Å². The molecule has 0 aromatic heterocycles. The summed E-state index contributed by atoms with van der Waals surface area (Å²) in [6.07, 6.45) is 6.18. The van der Waals surface area contributed by atoms with Gasteiger partial charge in [0.05, 0.1) is 18.2 Å². The number of benzene rings is 1. The number of aliphatic hydroxyl groups excluding tert-OH is 1. The molecule has 1 heterocycles. The van der Waals surface area contributed by atoms with E-state index < -0.39 is 11.7 Å². The summed E-state index contributed by atoms with van der Waals surface area (Å²) in [6.45, 7) is 1.44. The molecule has 0 amide bonds. The normalized spacial score (nSPS) is 17.8. The van der Waals surface area contributed by atoms with Crippen LogP contribution in [0.15, 0.2) is 48.4 Å². The highest BCUT2D eigenvalue weighted by atomic mass is 19.4. The van der Waals surface area contributed by atoms with Crippen LogP contribution in [0.3, 0.4) is 0 Å². The number of halogens is 3. The van der Waals surface area contributed by atoms with E-state index in [9.17, 15) is 18.3 Å². The summed E-state index contributed by atoms with van der Waals surface area (Å²) >= 11 is 0. The molecule has 2 rings (SSSR count). The van der Waals surface area contributed by atoms with Crippen LogP contribution in [0.5, 0.6) is 0 Å². The zero-order valence-corrected chi connectivity index (χ0v) is 13.3. The summed E-state index contributed by atoms with van der Waals surface area (Å²) in [5, 5.41) is 9.46. The van der Waals surface area contributed by atoms with Gasteiger partial charge in [-0.15, -0.1) is 6.42 Å². The molecule has 1 atom stereocenters. The lowest BCUT2D eigenvalue weighted by Gasteiger charge is -2.31. The maximum Gasteiger partial charge on any atom is 0.416 e. The Balaban J connectivity index is 2.04. The molecule has 3 nitrogen and oxygen atoms in total. The molecule has 1 aliphatic rings. The number of terminal acetylenes is 1. The Hall–Kier alpha value is -2.39. The molecule has 1 unspecified atom stereocenters. The zero-order chi connectivity index (χ0) is 17.7. The number of alkyl halides is 3. The van der Waals surface area contributed by atoms with E-state index in [-0.39, 0.29) is 11.8 Å². The van der Waals surface area contributed by atoms with Gasteiger partial charge in [0.25, 0.3) is 0 Å². The molecule has 6 heteroatoms. The van der Waals surface area contributed by atoms with E-state index in [4.69, 9.17) is 6.42 Å². The minimum Gasteiger partial charge on any atom is -0.506 e. The van der Waals surface area contributed by atoms with E-state index in [0.29, 0.717) is 19.6 Å². The molecule has 0 spiro atoms. The van der Waals surface area contributed by atoms with Crippen LogP contribution in [-0.4, -0.2) is 41.1 Å². The fourth-order valence-corrected chi connectivity index (χ4v) is 2.52. The first-order chi connectivity index (χ1) is 11.3. The molecule has 0 aliphatic carbocycles. The summed E-state index contributed by atoms with van der Waals surface area (Å²) in [4.78, 5) is 3.84. The van der Waals surface area contributed by atoms with Crippen molar-refractivity contribution in [2.24, 2.45) is 0 Å². The molecular weight excluding hydrogens is 317 g/mol. The number of rotatable bonds is 5. The number of hydrogen-bond donors (Lipinski definition) is 1. The van der Waals surface area contributed by atoms with Gasteiger partial charge in [-0.25, -0.2) is 0 Å². The second-order valence-electron chi connectivity index (χ2n) is 5.71. The average Bonchev–Trinajstić information content (AvgIpc) is 2.50. The third-order valence-corrected chi connectivity index (χ3v) is 3.80. The number of hydrogen-bond acceptors (Lipinski definition) is 3. The van der Waals surface area contributed by atoms with Gasteiger partial charge in [0.1, 0.15) is 5.76 Å². The molecule has 0 saturated heterocycles. The predicted octanol–water partition coefficient (Wildman–Crippen LogP) is 3.41. The first-order valence-corrected chi connectivity index (χ1v) is 7.42. The molecule has 0 saturated carbocycles. The minimum atomic E-state index is -4.33. The highest BCUT2D eigenvalue weighted by Crippen LogP contribution is 2.29. The fourth-order valence-electron chi connectivity index (χ4n) is 2.52. The van der Waals surface area contributed by atoms with Gasteiger partial charge in [0.15, 0.2) is 0 Å². The Kier molecular flexibility index (Phi) is 5.58. The summed E-state index contributed by atoms with van der Waals surface area (Å²) < 4.78 is 37.8. The van der Waals surface area contributed by atoms with E-state index in [0.717, 1.165) is 17.7 Å². The van der Waals surface area contributed by atoms with Gasteiger partial charge in [0, 0.05) is 26.3 Å². The molecule has 1 N–H and O–H groups in total. The summed E-state index contributed by atoms with van der Waals surface area (Å²) in [6, 6.07) is 5.13. The number of nitrogens with zero attached hydrogens (tertiary/aromatic N) is 2. The first kappa shape index (κ1) is 18.0. The average molecular weight is 336 g/mol. The molecule has 1 aromatic rings. The van der Waals surface area contributed by atoms with Gasteiger partial charge in [-0.2, -0.15) is 13.2 Å². The van der Waals surface area contributed by atoms with Crippen molar-refractivity contribution in [2.45, 2.75) is 18.8 Å². The molecule has 0 fully saturated rings. The lowest BCUT2D eigenvalue weighted by atomic mass is 10.1. The van der Waals surface area contributed by atoms with Gasteiger partial charge in [-0.3, -0.25) is 4.90 Å². The van der Waals surface area contributed by atoms with E-state index >= 15 is 0 Å².